The summed E-state index contributed by atoms with van der Waals surface area (Å²) in [7, 11) is 0. The van der Waals surface area contributed by atoms with Crippen LogP contribution in [0.4, 0.5) is 18.9 Å². The van der Waals surface area contributed by atoms with E-state index in [1.165, 1.54) is 18.2 Å². The van der Waals surface area contributed by atoms with Crippen molar-refractivity contribution in [2.24, 2.45) is 0 Å². The molecular formula is C25H17F3N4OS. The molecule has 0 aliphatic rings. The van der Waals surface area contributed by atoms with Gasteiger partial charge in [0.2, 0.25) is 5.91 Å². The lowest BCUT2D eigenvalue weighted by Crippen LogP contribution is -2.18. The van der Waals surface area contributed by atoms with Gasteiger partial charge in [-0.3, -0.25) is 4.79 Å². The lowest BCUT2D eigenvalue weighted by atomic mass is 10.0. The number of fused-ring (bicyclic) bond motifs is 2. The van der Waals surface area contributed by atoms with Gasteiger partial charge in [0.15, 0.2) is 0 Å². The highest BCUT2D eigenvalue weighted by Gasteiger charge is 2.33. The molecule has 170 valence electrons. The largest absolute Gasteiger partial charge is 0.418 e. The molecule has 0 saturated carbocycles. The maximum atomic E-state index is 13.2. The molecule has 5 aromatic rings. The van der Waals surface area contributed by atoms with Crippen molar-refractivity contribution in [2.45, 2.75) is 11.2 Å². The number of carbonyl (C=O) groups is 1. The van der Waals surface area contributed by atoms with E-state index in [9.17, 15) is 18.0 Å². The Morgan fingerprint density at radius 1 is 1.00 bits per heavy atom. The van der Waals surface area contributed by atoms with Crippen molar-refractivity contribution in [3.63, 3.8) is 0 Å². The number of benzene rings is 3. The number of alkyl halides is 3. The zero-order valence-corrected chi connectivity index (χ0v) is 18.4. The topological polar surface area (TPSA) is 59.3 Å². The Morgan fingerprint density at radius 3 is 2.62 bits per heavy atom. The third kappa shape index (κ3) is 4.34. The van der Waals surface area contributed by atoms with Gasteiger partial charge in [0, 0.05) is 18.0 Å². The fourth-order valence-electron chi connectivity index (χ4n) is 3.75. The SMILES string of the molecule is O=C(CSc1nccn2nc(-c3cccc4ccccc34)cc12)Nc1ccccc1C(F)(F)F. The zero-order valence-electron chi connectivity index (χ0n) is 17.6. The Labute approximate surface area is 196 Å². The van der Waals surface area contributed by atoms with Crippen LogP contribution in [0.25, 0.3) is 27.5 Å². The van der Waals surface area contributed by atoms with Crippen LogP contribution < -0.4 is 5.32 Å². The number of para-hydroxylation sites is 1. The Hall–Kier alpha value is -3.85. The van der Waals surface area contributed by atoms with Crippen molar-refractivity contribution in [2.75, 3.05) is 11.1 Å². The molecule has 1 amide bonds. The maximum absolute atomic E-state index is 13.2. The first kappa shape index (κ1) is 22.0. The van der Waals surface area contributed by atoms with Gasteiger partial charge in [-0.15, -0.1) is 0 Å². The van der Waals surface area contributed by atoms with Crippen LogP contribution in [0, 0.1) is 0 Å². The molecule has 5 nitrogen and oxygen atoms in total. The fraction of sp³-hybridized carbons (Fsp3) is 0.0800. The van der Waals surface area contributed by atoms with Gasteiger partial charge in [-0.1, -0.05) is 66.4 Å². The van der Waals surface area contributed by atoms with Gasteiger partial charge < -0.3 is 5.32 Å². The first-order chi connectivity index (χ1) is 16.4. The molecule has 0 saturated heterocycles. The molecule has 1 N–H and O–H groups in total. The van der Waals surface area contributed by atoms with Crippen LogP contribution in [0.1, 0.15) is 5.56 Å². The molecule has 0 unspecified atom stereocenters. The summed E-state index contributed by atoms with van der Waals surface area (Å²) in [5.41, 5.74) is 1.28. The highest BCUT2D eigenvalue weighted by Crippen LogP contribution is 2.35. The molecule has 0 aliphatic carbocycles. The van der Waals surface area contributed by atoms with E-state index in [0.717, 1.165) is 39.9 Å². The average molecular weight is 478 g/mol. The van der Waals surface area contributed by atoms with E-state index in [-0.39, 0.29) is 11.4 Å². The van der Waals surface area contributed by atoms with Gasteiger partial charge in [-0.05, 0) is 29.0 Å². The molecule has 2 aromatic heterocycles. The second-order valence-corrected chi connectivity index (χ2v) is 8.46. The number of hydrogen-bond acceptors (Lipinski definition) is 4. The average Bonchev–Trinajstić information content (AvgIpc) is 3.27. The van der Waals surface area contributed by atoms with Gasteiger partial charge in [-0.25, -0.2) is 9.50 Å². The molecule has 0 radical (unpaired) electrons. The standard InChI is InChI=1S/C25H17F3N4OS/c26-25(27,28)19-10-3-4-11-20(19)30-23(33)15-34-24-22-14-21(31-32(22)13-12-29-24)18-9-5-7-16-6-1-2-8-17(16)18/h1-14H,15H2,(H,30,33). The van der Waals surface area contributed by atoms with E-state index in [0.29, 0.717) is 10.5 Å². The van der Waals surface area contributed by atoms with E-state index >= 15 is 0 Å². The molecule has 0 aliphatic heterocycles. The molecule has 0 bridgehead atoms. The number of nitrogens with zero attached hydrogens (tertiary/aromatic N) is 3. The zero-order chi connectivity index (χ0) is 23.7. The van der Waals surface area contributed by atoms with Crippen LogP contribution in [0.15, 0.2) is 90.2 Å². The van der Waals surface area contributed by atoms with Crippen LogP contribution in [0.3, 0.4) is 0 Å². The third-order valence-corrected chi connectivity index (χ3v) is 6.26. The summed E-state index contributed by atoms with van der Waals surface area (Å²) in [5.74, 6) is -0.660. The molecular weight excluding hydrogens is 461 g/mol. The molecule has 0 fully saturated rings. The third-order valence-electron chi connectivity index (χ3n) is 5.27. The molecule has 3 aromatic carbocycles. The first-order valence-corrected chi connectivity index (χ1v) is 11.3. The van der Waals surface area contributed by atoms with Crippen molar-refractivity contribution >= 4 is 39.6 Å². The van der Waals surface area contributed by atoms with Gasteiger partial charge in [0.25, 0.3) is 0 Å². The van der Waals surface area contributed by atoms with Crippen LogP contribution in [-0.2, 0) is 11.0 Å². The molecule has 0 spiro atoms. The van der Waals surface area contributed by atoms with Crippen LogP contribution in [0.2, 0.25) is 0 Å². The number of hydrogen-bond donors (Lipinski definition) is 1. The lowest BCUT2D eigenvalue weighted by Gasteiger charge is -2.13. The molecule has 2 heterocycles. The second-order valence-electron chi connectivity index (χ2n) is 7.50. The number of aromatic nitrogens is 3. The van der Waals surface area contributed by atoms with Gasteiger partial charge in [0.05, 0.1) is 28.2 Å². The Balaban J connectivity index is 1.38. The first-order valence-electron chi connectivity index (χ1n) is 10.3. The summed E-state index contributed by atoms with van der Waals surface area (Å²) in [4.78, 5) is 16.8. The minimum absolute atomic E-state index is 0.104. The van der Waals surface area contributed by atoms with Gasteiger partial charge in [-0.2, -0.15) is 18.3 Å². The maximum Gasteiger partial charge on any atom is 0.418 e. The summed E-state index contributed by atoms with van der Waals surface area (Å²) in [6.45, 7) is 0. The summed E-state index contributed by atoms with van der Waals surface area (Å²) < 4.78 is 41.2. The number of amides is 1. The summed E-state index contributed by atoms with van der Waals surface area (Å²) in [6, 6.07) is 20.8. The quantitative estimate of drug-likeness (QED) is 0.301. The minimum atomic E-state index is -4.56. The van der Waals surface area contributed by atoms with E-state index in [1.807, 2.05) is 48.5 Å². The van der Waals surface area contributed by atoms with Crippen LogP contribution in [0.5, 0.6) is 0 Å². The van der Waals surface area contributed by atoms with E-state index in [2.05, 4.69) is 15.4 Å². The summed E-state index contributed by atoms with van der Waals surface area (Å²) in [6.07, 6.45) is -1.26. The number of anilines is 1. The number of nitrogens with one attached hydrogen (secondary N) is 1. The molecule has 34 heavy (non-hydrogen) atoms. The highest BCUT2D eigenvalue weighted by atomic mass is 32.2. The Kier molecular flexibility index (Phi) is 5.70. The number of rotatable bonds is 5. The van der Waals surface area contributed by atoms with Crippen molar-refractivity contribution in [1.82, 2.24) is 14.6 Å². The summed E-state index contributed by atoms with van der Waals surface area (Å²) >= 11 is 1.14. The van der Waals surface area contributed by atoms with E-state index in [4.69, 9.17) is 0 Å². The monoisotopic (exact) mass is 478 g/mol. The predicted octanol–water partition coefficient (Wildman–Crippen LogP) is 6.30. The van der Waals surface area contributed by atoms with E-state index in [1.54, 1.807) is 16.9 Å². The molecule has 5 rings (SSSR count). The number of carbonyl (C=O) groups excluding carboxylic acids is 1. The lowest BCUT2D eigenvalue weighted by molar-refractivity contribution is -0.137. The Bertz CT molecular complexity index is 1510. The predicted molar refractivity (Wildman–Crippen MR) is 127 cm³/mol. The fourth-order valence-corrected chi connectivity index (χ4v) is 4.52. The normalized spacial score (nSPS) is 11.7. The van der Waals surface area contributed by atoms with Crippen molar-refractivity contribution in [3.8, 4) is 11.3 Å². The summed E-state index contributed by atoms with van der Waals surface area (Å²) in [5, 5.41) is 9.74. The molecule has 0 atom stereocenters. The van der Waals surface area contributed by atoms with Gasteiger partial charge >= 0.3 is 6.18 Å². The smallest absolute Gasteiger partial charge is 0.325 e. The minimum Gasteiger partial charge on any atom is -0.325 e. The second kappa shape index (κ2) is 8.83. The van der Waals surface area contributed by atoms with Crippen molar-refractivity contribution < 1.29 is 18.0 Å². The molecule has 9 heteroatoms. The van der Waals surface area contributed by atoms with Crippen LogP contribution in [-0.4, -0.2) is 26.3 Å². The van der Waals surface area contributed by atoms with Crippen molar-refractivity contribution in [1.29, 1.82) is 0 Å². The van der Waals surface area contributed by atoms with Gasteiger partial charge in [0.1, 0.15) is 5.03 Å². The Morgan fingerprint density at radius 2 is 1.76 bits per heavy atom. The van der Waals surface area contributed by atoms with E-state index < -0.39 is 17.6 Å². The van der Waals surface area contributed by atoms with Crippen LogP contribution >= 0.6 is 11.8 Å². The van der Waals surface area contributed by atoms with Crippen molar-refractivity contribution in [3.05, 3.63) is 90.8 Å². The number of thioether (sulfide) groups is 1. The number of halogens is 3. The highest BCUT2D eigenvalue weighted by molar-refractivity contribution is 8.00.